The highest BCUT2D eigenvalue weighted by Gasteiger charge is 2.01. The molecule has 1 saturated heterocycles. The van der Waals surface area contributed by atoms with Crippen molar-refractivity contribution in [2.24, 2.45) is 0 Å². The van der Waals surface area contributed by atoms with Crippen molar-refractivity contribution in [2.45, 2.75) is 58.3 Å². The number of hydrogen-bond acceptors (Lipinski definition) is 1. The first-order chi connectivity index (χ1) is 6.93. The maximum atomic E-state index is 3.49. The molecule has 0 aromatic carbocycles. The molecule has 1 rings (SSSR count). The lowest BCUT2D eigenvalue weighted by Gasteiger charge is -2.04. The van der Waals surface area contributed by atoms with Crippen molar-refractivity contribution in [1.29, 1.82) is 0 Å². The van der Waals surface area contributed by atoms with Crippen molar-refractivity contribution in [1.82, 2.24) is 5.32 Å². The Morgan fingerprint density at radius 3 is 2.79 bits per heavy atom. The molecular formula is C13H25N. The quantitative estimate of drug-likeness (QED) is 0.535. The molecule has 0 bridgehead atoms. The van der Waals surface area contributed by atoms with E-state index in [4.69, 9.17) is 0 Å². The second kappa shape index (κ2) is 8.05. The molecule has 14 heavy (non-hydrogen) atoms. The highest BCUT2D eigenvalue weighted by Crippen LogP contribution is 2.16. The van der Waals surface area contributed by atoms with Crippen molar-refractivity contribution in [3.05, 3.63) is 11.6 Å². The Balaban J connectivity index is 2.27. The molecule has 0 saturated carbocycles. The maximum absolute atomic E-state index is 3.49. The van der Waals surface area contributed by atoms with Crippen LogP contribution in [-0.4, -0.2) is 13.1 Å². The topological polar surface area (TPSA) is 12.0 Å². The van der Waals surface area contributed by atoms with E-state index in [0.717, 1.165) is 0 Å². The molecule has 0 unspecified atom stereocenters. The van der Waals surface area contributed by atoms with Crippen LogP contribution in [0.1, 0.15) is 58.3 Å². The minimum Gasteiger partial charge on any atom is -0.317 e. The molecule has 0 aliphatic carbocycles. The summed E-state index contributed by atoms with van der Waals surface area (Å²) in [7, 11) is 0. The van der Waals surface area contributed by atoms with Crippen LogP contribution in [0.15, 0.2) is 11.6 Å². The summed E-state index contributed by atoms with van der Waals surface area (Å²) in [5.41, 5.74) is 1.72. The molecule has 1 aliphatic rings. The van der Waals surface area contributed by atoms with Crippen molar-refractivity contribution >= 4 is 0 Å². The van der Waals surface area contributed by atoms with Gasteiger partial charge in [-0.05, 0) is 51.6 Å². The largest absolute Gasteiger partial charge is 0.317 e. The number of unbranched alkanes of at least 4 members (excludes halogenated alkanes) is 2. The summed E-state index contributed by atoms with van der Waals surface area (Å²) < 4.78 is 0. The average Bonchev–Trinajstić information content (AvgIpc) is 2.32. The van der Waals surface area contributed by atoms with E-state index < -0.39 is 0 Å². The normalized spacial score (nSPS) is 22.8. The highest BCUT2D eigenvalue weighted by molar-refractivity contribution is 5.02. The zero-order chi connectivity index (χ0) is 10.1. The van der Waals surface area contributed by atoms with Crippen LogP contribution in [0.3, 0.4) is 0 Å². The Hall–Kier alpha value is -0.300. The van der Waals surface area contributed by atoms with Gasteiger partial charge >= 0.3 is 0 Å². The number of allylic oxidation sites excluding steroid dienone is 2. The minimum absolute atomic E-state index is 1.21. The predicted octanol–water partition coefficient (Wildman–Crippen LogP) is 3.66. The third-order valence-corrected chi connectivity index (χ3v) is 2.94. The van der Waals surface area contributed by atoms with Gasteiger partial charge in [0.2, 0.25) is 0 Å². The smallest absolute Gasteiger partial charge is 0.00459 e. The average molecular weight is 195 g/mol. The van der Waals surface area contributed by atoms with Gasteiger partial charge in [0.15, 0.2) is 0 Å². The summed E-state index contributed by atoms with van der Waals surface area (Å²) >= 11 is 0. The second-order valence-corrected chi connectivity index (χ2v) is 4.32. The van der Waals surface area contributed by atoms with E-state index in [9.17, 15) is 0 Å². The summed E-state index contributed by atoms with van der Waals surface area (Å²) in [5, 5.41) is 3.49. The van der Waals surface area contributed by atoms with Crippen LogP contribution in [0.5, 0.6) is 0 Å². The van der Waals surface area contributed by atoms with Crippen molar-refractivity contribution < 1.29 is 0 Å². The Labute approximate surface area is 89.0 Å². The van der Waals surface area contributed by atoms with Gasteiger partial charge in [-0.1, -0.05) is 31.4 Å². The molecule has 1 N–H and O–H groups in total. The van der Waals surface area contributed by atoms with Crippen LogP contribution < -0.4 is 5.32 Å². The maximum Gasteiger partial charge on any atom is -0.00459 e. The third-order valence-electron chi connectivity index (χ3n) is 2.94. The van der Waals surface area contributed by atoms with Crippen LogP contribution in [0.25, 0.3) is 0 Å². The summed E-state index contributed by atoms with van der Waals surface area (Å²) in [6.07, 6.45) is 13.2. The van der Waals surface area contributed by atoms with Crippen LogP contribution in [0, 0.1) is 0 Å². The molecule has 0 spiro atoms. The van der Waals surface area contributed by atoms with Gasteiger partial charge in [-0.15, -0.1) is 0 Å². The van der Waals surface area contributed by atoms with Crippen molar-refractivity contribution in [3.8, 4) is 0 Å². The molecule has 1 heterocycles. The van der Waals surface area contributed by atoms with Crippen molar-refractivity contribution in [2.75, 3.05) is 13.1 Å². The van der Waals surface area contributed by atoms with E-state index in [2.05, 4.69) is 18.3 Å². The highest BCUT2D eigenvalue weighted by atomic mass is 14.8. The standard InChI is InChI=1S/C13H25N/c1-2-3-4-8-13-9-5-6-11-14-12-7-10-13/h8,14H,2-7,9-12H2,1H3/b13-8+. The molecule has 1 heteroatoms. The Kier molecular flexibility index (Phi) is 6.77. The second-order valence-electron chi connectivity index (χ2n) is 4.32. The third kappa shape index (κ3) is 5.43. The van der Waals surface area contributed by atoms with Gasteiger partial charge in [-0.3, -0.25) is 0 Å². The predicted molar refractivity (Wildman–Crippen MR) is 63.6 cm³/mol. The fraction of sp³-hybridized carbons (Fsp3) is 0.846. The first-order valence-electron chi connectivity index (χ1n) is 6.32. The van der Waals surface area contributed by atoms with E-state index >= 15 is 0 Å². The van der Waals surface area contributed by atoms with Gasteiger partial charge in [0, 0.05) is 0 Å². The molecule has 0 radical (unpaired) electrons. The van der Waals surface area contributed by atoms with E-state index in [1.54, 1.807) is 5.57 Å². The molecule has 1 nitrogen and oxygen atoms in total. The van der Waals surface area contributed by atoms with Gasteiger partial charge in [0.1, 0.15) is 0 Å². The van der Waals surface area contributed by atoms with Gasteiger partial charge in [-0.2, -0.15) is 0 Å². The number of hydrogen-bond donors (Lipinski definition) is 1. The Morgan fingerprint density at radius 2 is 1.93 bits per heavy atom. The molecule has 0 amide bonds. The number of nitrogens with one attached hydrogen (secondary N) is 1. The SMILES string of the molecule is CCCC/C=C1\CCCCNCCC1. The Bertz CT molecular complexity index is 149. The van der Waals surface area contributed by atoms with Crippen LogP contribution >= 0.6 is 0 Å². The lowest BCUT2D eigenvalue weighted by molar-refractivity contribution is 0.633. The zero-order valence-electron chi connectivity index (χ0n) is 9.65. The fourth-order valence-electron chi connectivity index (χ4n) is 2.01. The molecule has 82 valence electrons. The van der Waals surface area contributed by atoms with Gasteiger partial charge < -0.3 is 5.32 Å². The van der Waals surface area contributed by atoms with Crippen LogP contribution in [-0.2, 0) is 0 Å². The van der Waals surface area contributed by atoms with E-state index in [1.165, 1.54) is 64.5 Å². The first-order valence-corrected chi connectivity index (χ1v) is 6.32. The van der Waals surface area contributed by atoms with E-state index in [0.29, 0.717) is 0 Å². The van der Waals surface area contributed by atoms with Crippen LogP contribution in [0.2, 0.25) is 0 Å². The van der Waals surface area contributed by atoms with Crippen LogP contribution in [0.4, 0.5) is 0 Å². The lowest BCUT2D eigenvalue weighted by atomic mass is 10.0. The van der Waals surface area contributed by atoms with Gasteiger partial charge in [-0.25, -0.2) is 0 Å². The van der Waals surface area contributed by atoms with Crippen molar-refractivity contribution in [3.63, 3.8) is 0 Å². The summed E-state index contributed by atoms with van der Waals surface area (Å²) in [6.45, 7) is 4.71. The molecule has 1 fully saturated rings. The van der Waals surface area contributed by atoms with Gasteiger partial charge in [0.05, 0.1) is 0 Å². The lowest BCUT2D eigenvalue weighted by Crippen LogP contribution is -2.15. The first kappa shape index (κ1) is 11.8. The monoisotopic (exact) mass is 195 g/mol. The van der Waals surface area contributed by atoms with E-state index in [-0.39, 0.29) is 0 Å². The zero-order valence-corrected chi connectivity index (χ0v) is 9.65. The Morgan fingerprint density at radius 1 is 1.14 bits per heavy atom. The summed E-state index contributed by atoms with van der Waals surface area (Å²) in [6, 6.07) is 0. The fourth-order valence-corrected chi connectivity index (χ4v) is 2.01. The van der Waals surface area contributed by atoms with E-state index in [1.807, 2.05) is 0 Å². The summed E-state index contributed by atoms with van der Waals surface area (Å²) in [5.74, 6) is 0. The molecule has 1 aliphatic heterocycles. The molecular weight excluding hydrogens is 170 g/mol. The summed E-state index contributed by atoms with van der Waals surface area (Å²) in [4.78, 5) is 0. The molecule has 0 aromatic heterocycles. The van der Waals surface area contributed by atoms with Gasteiger partial charge in [0.25, 0.3) is 0 Å². The number of rotatable bonds is 3. The molecule has 0 aromatic rings. The minimum atomic E-state index is 1.21. The molecule has 0 atom stereocenters.